The molecule has 1 saturated carbocycles. The van der Waals surface area contributed by atoms with E-state index in [9.17, 15) is 0 Å². The Bertz CT molecular complexity index is 400. The zero-order valence-corrected chi connectivity index (χ0v) is 11.2. The normalized spacial score (nSPS) is 27.6. The fraction of sp³-hybridized carbons (Fsp3) is 0.625. The summed E-state index contributed by atoms with van der Waals surface area (Å²) in [7, 11) is 0. The minimum absolute atomic E-state index is 0.427. The van der Waals surface area contributed by atoms with Crippen LogP contribution in [-0.2, 0) is 11.3 Å². The van der Waals surface area contributed by atoms with Crippen LogP contribution in [0.4, 0.5) is 0 Å². The Labute approximate surface area is 110 Å². The van der Waals surface area contributed by atoms with Gasteiger partial charge in [0.25, 0.3) is 0 Å². The largest absolute Gasteiger partial charge is 0.378 e. The summed E-state index contributed by atoms with van der Waals surface area (Å²) >= 11 is 0. The van der Waals surface area contributed by atoms with Gasteiger partial charge in [-0.25, -0.2) is 0 Å². The summed E-state index contributed by atoms with van der Waals surface area (Å²) in [6.07, 6.45) is 4.39. The predicted octanol–water partition coefficient (Wildman–Crippen LogP) is 3.08. The van der Waals surface area contributed by atoms with Crippen LogP contribution in [0.25, 0.3) is 0 Å². The van der Waals surface area contributed by atoms with E-state index in [1.165, 1.54) is 24.8 Å². The van der Waals surface area contributed by atoms with E-state index in [1.54, 1.807) is 5.56 Å². The van der Waals surface area contributed by atoms with Gasteiger partial charge in [0, 0.05) is 19.7 Å². The molecule has 1 aliphatic heterocycles. The summed E-state index contributed by atoms with van der Waals surface area (Å²) in [6, 6.07) is 8.90. The van der Waals surface area contributed by atoms with Gasteiger partial charge in [0.05, 0.1) is 6.10 Å². The summed E-state index contributed by atoms with van der Waals surface area (Å²) in [5.74, 6) is 1.54. The summed E-state index contributed by atoms with van der Waals surface area (Å²) < 4.78 is 5.60. The molecular formula is C16H23NO. The molecule has 1 heterocycles. The van der Waals surface area contributed by atoms with E-state index < -0.39 is 0 Å². The van der Waals surface area contributed by atoms with Gasteiger partial charge in [-0.3, -0.25) is 0 Å². The second kappa shape index (κ2) is 5.41. The number of benzene rings is 1. The lowest BCUT2D eigenvalue weighted by molar-refractivity contribution is 0.105. The van der Waals surface area contributed by atoms with Gasteiger partial charge < -0.3 is 10.1 Å². The lowest BCUT2D eigenvalue weighted by Crippen LogP contribution is -2.26. The first-order chi connectivity index (χ1) is 8.84. The molecule has 1 aliphatic carbocycles. The predicted molar refractivity (Wildman–Crippen MR) is 73.6 cm³/mol. The van der Waals surface area contributed by atoms with Gasteiger partial charge >= 0.3 is 0 Å². The second-order valence-corrected chi connectivity index (χ2v) is 5.73. The Hall–Kier alpha value is -0.860. The number of ether oxygens (including phenoxy) is 1. The van der Waals surface area contributed by atoms with Gasteiger partial charge in [-0.1, -0.05) is 24.3 Å². The van der Waals surface area contributed by atoms with E-state index in [-0.39, 0.29) is 0 Å². The van der Waals surface area contributed by atoms with Crippen LogP contribution in [0, 0.1) is 5.92 Å². The molecule has 0 radical (unpaired) electrons. The molecule has 1 aromatic rings. The fourth-order valence-electron chi connectivity index (χ4n) is 2.92. The standard InChI is InChI=1S/C16H23NO/c1-12-14(8-9-18-12)10-17-11-15-4-2-3-5-16(15)13-6-7-13/h2-5,12-14,17H,6-11H2,1H3. The van der Waals surface area contributed by atoms with E-state index in [1.807, 2.05) is 0 Å². The molecule has 1 aromatic carbocycles. The van der Waals surface area contributed by atoms with Crippen molar-refractivity contribution in [2.75, 3.05) is 13.2 Å². The van der Waals surface area contributed by atoms with Crippen molar-refractivity contribution in [1.82, 2.24) is 5.32 Å². The van der Waals surface area contributed by atoms with Crippen LogP contribution in [0.15, 0.2) is 24.3 Å². The first kappa shape index (κ1) is 12.2. The molecule has 2 aliphatic rings. The first-order valence-electron chi connectivity index (χ1n) is 7.24. The van der Waals surface area contributed by atoms with Gasteiger partial charge in [0.1, 0.15) is 0 Å². The highest BCUT2D eigenvalue weighted by molar-refractivity contribution is 5.33. The van der Waals surface area contributed by atoms with Crippen molar-refractivity contribution in [2.45, 2.75) is 44.8 Å². The lowest BCUT2D eigenvalue weighted by atomic mass is 10.0. The van der Waals surface area contributed by atoms with Crippen molar-refractivity contribution >= 4 is 0 Å². The summed E-state index contributed by atoms with van der Waals surface area (Å²) in [6.45, 7) is 5.22. The molecule has 0 aromatic heterocycles. The Morgan fingerprint density at radius 3 is 2.78 bits per heavy atom. The highest BCUT2D eigenvalue weighted by Crippen LogP contribution is 2.41. The molecule has 0 spiro atoms. The molecular weight excluding hydrogens is 222 g/mol. The quantitative estimate of drug-likeness (QED) is 0.860. The average Bonchev–Trinajstić information content (AvgIpc) is 3.15. The van der Waals surface area contributed by atoms with Gasteiger partial charge in [0.15, 0.2) is 0 Å². The van der Waals surface area contributed by atoms with E-state index in [0.717, 1.165) is 25.6 Å². The third-order valence-corrected chi connectivity index (χ3v) is 4.33. The van der Waals surface area contributed by atoms with Crippen LogP contribution in [0.2, 0.25) is 0 Å². The lowest BCUT2D eigenvalue weighted by Gasteiger charge is -2.16. The Morgan fingerprint density at radius 1 is 1.22 bits per heavy atom. The number of nitrogens with one attached hydrogen (secondary N) is 1. The first-order valence-corrected chi connectivity index (χ1v) is 7.24. The van der Waals surface area contributed by atoms with Crippen LogP contribution in [0.3, 0.4) is 0 Å². The third kappa shape index (κ3) is 2.76. The van der Waals surface area contributed by atoms with Crippen molar-refractivity contribution in [3.05, 3.63) is 35.4 Å². The molecule has 2 nitrogen and oxygen atoms in total. The smallest absolute Gasteiger partial charge is 0.0588 e. The maximum Gasteiger partial charge on any atom is 0.0588 e. The maximum atomic E-state index is 5.60. The van der Waals surface area contributed by atoms with Crippen molar-refractivity contribution < 1.29 is 4.74 Å². The Balaban J connectivity index is 1.53. The molecule has 98 valence electrons. The zero-order valence-electron chi connectivity index (χ0n) is 11.2. The third-order valence-electron chi connectivity index (χ3n) is 4.33. The van der Waals surface area contributed by atoms with Crippen LogP contribution in [0.1, 0.15) is 43.2 Å². The minimum atomic E-state index is 0.427. The van der Waals surface area contributed by atoms with Crippen LogP contribution >= 0.6 is 0 Å². The Kier molecular flexibility index (Phi) is 3.67. The summed E-state index contributed by atoms with van der Waals surface area (Å²) in [5.41, 5.74) is 3.06. The highest BCUT2D eigenvalue weighted by atomic mass is 16.5. The summed E-state index contributed by atoms with van der Waals surface area (Å²) in [5, 5.41) is 3.62. The van der Waals surface area contributed by atoms with Crippen LogP contribution < -0.4 is 5.32 Å². The number of hydrogen-bond acceptors (Lipinski definition) is 2. The molecule has 2 fully saturated rings. The zero-order chi connectivity index (χ0) is 12.4. The molecule has 18 heavy (non-hydrogen) atoms. The average molecular weight is 245 g/mol. The maximum absolute atomic E-state index is 5.60. The SMILES string of the molecule is CC1OCCC1CNCc1ccccc1C1CC1. The van der Waals surface area contributed by atoms with Gasteiger partial charge in [-0.15, -0.1) is 0 Å². The minimum Gasteiger partial charge on any atom is -0.378 e. The molecule has 0 amide bonds. The van der Waals surface area contributed by atoms with Crippen molar-refractivity contribution in [1.29, 1.82) is 0 Å². The van der Waals surface area contributed by atoms with Gasteiger partial charge in [-0.05, 0) is 49.1 Å². The molecule has 1 N–H and O–H groups in total. The Morgan fingerprint density at radius 2 is 2.06 bits per heavy atom. The topological polar surface area (TPSA) is 21.3 Å². The second-order valence-electron chi connectivity index (χ2n) is 5.73. The fourth-order valence-corrected chi connectivity index (χ4v) is 2.92. The van der Waals surface area contributed by atoms with E-state index in [4.69, 9.17) is 4.74 Å². The molecule has 2 unspecified atom stereocenters. The highest BCUT2D eigenvalue weighted by Gasteiger charge is 2.26. The molecule has 2 atom stereocenters. The van der Waals surface area contributed by atoms with Gasteiger partial charge in [-0.2, -0.15) is 0 Å². The number of hydrogen-bond donors (Lipinski definition) is 1. The molecule has 2 heteroatoms. The molecule has 0 bridgehead atoms. The van der Waals surface area contributed by atoms with Crippen molar-refractivity contribution in [3.8, 4) is 0 Å². The van der Waals surface area contributed by atoms with E-state index >= 15 is 0 Å². The summed E-state index contributed by atoms with van der Waals surface area (Å²) in [4.78, 5) is 0. The van der Waals surface area contributed by atoms with E-state index in [2.05, 4.69) is 36.5 Å². The monoisotopic (exact) mass is 245 g/mol. The van der Waals surface area contributed by atoms with Crippen LogP contribution in [-0.4, -0.2) is 19.3 Å². The molecule has 3 rings (SSSR count). The van der Waals surface area contributed by atoms with Crippen molar-refractivity contribution in [2.24, 2.45) is 5.92 Å². The molecule has 1 saturated heterocycles. The number of rotatable bonds is 5. The van der Waals surface area contributed by atoms with Crippen molar-refractivity contribution in [3.63, 3.8) is 0 Å². The van der Waals surface area contributed by atoms with Crippen LogP contribution in [0.5, 0.6) is 0 Å². The van der Waals surface area contributed by atoms with E-state index in [0.29, 0.717) is 12.0 Å². The van der Waals surface area contributed by atoms with Gasteiger partial charge in [0.2, 0.25) is 0 Å².